The number of hydrogen-bond donors (Lipinski definition) is 1. The van der Waals surface area contributed by atoms with Crippen LogP contribution in [0.5, 0.6) is 0 Å². The summed E-state index contributed by atoms with van der Waals surface area (Å²) >= 11 is 1.46. The van der Waals surface area contributed by atoms with Gasteiger partial charge in [0, 0.05) is 25.0 Å². The van der Waals surface area contributed by atoms with Crippen LogP contribution in [-0.2, 0) is 6.54 Å². The highest BCUT2D eigenvalue weighted by Crippen LogP contribution is 2.33. The normalized spacial score (nSPS) is 10.7. The first-order valence-corrected chi connectivity index (χ1v) is 7.13. The molecule has 0 amide bonds. The molecule has 0 saturated heterocycles. The van der Waals surface area contributed by atoms with Crippen molar-refractivity contribution in [2.45, 2.75) is 13.5 Å². The van der Waals surface area contributed by atoms with Crippen molar-refractivity contribution in [3.8, 4) is 0 Å². The number of nitrogens with one attached hydrogen (secondary N) is 1. The van der Waals surface area contributed by atoms with E-state index in [2.05, 4.69) is 15.3 Å². The number of pyridine rings is 1. The fourth-order valence-electron chi connectivity index (χ4n) is 2.07. The van der Waals surface area contributed by atoms with E-state index in [4.69, 9.17) is 0 Å². The minimum atomic E-state index is -0.372. The van der Waals surface area contributed by atoms with Crippen molar-refractivity contribution in [3.05, 3.63) is 57.3 Å². The molecular formula is C14H12N4O2S. The van der Waals surface area contributed by atoms with Crippen molar-refractivity contribution in [1.29, 1.82) is 0 Å². The van der Waals surface area contributed by atoms with Gasteiger partial charge in [0.1, 0.15) is 5.69 Å². The third-order valence-electron chi connectivity index (χ3n) is 3.04. The number of nitrogens with zero attached hydrogens (tertiary/aromatic N) is 3. The van der Waals surface area contributed by atoms with E-state index in [9.17, 15) is 10.1 Å². The molecule has 0 bridgehead atoms. The second-order valence-corrected chi connectivity index (χ2v) is 5.77. The van der Waals surface area contributed by atoms with Crippen LogP contribution < -0.4 is 5.32 Å². The van der Waals surface area contributed by atoms with Crippen LogP contribution in [0, 0.1) is 17.0 Å². The SMILES string of the molecule is Cc1nc2cc(NCc3ccncc3)c([N+](=O)[O-])cc2s1. The summed E-state index contributed by atoms with van der Waals surface area (Å²) in [6.45, 7) is 2.39. The summed E-state index contributed by atoms with van der Waals surface area (Å²) < 4.78 is 0.827. The second kappa shape index (κ2) is 5.45. The van der Waals surface area contributed by atoms with E-state index in [1.165, 1.54) is 11.3 Å². The molecule has 0 aliphatic rings. The molecule has 7 heteroatoms. The van der Waals surface area contributed by atoms with Crippen molar-refractivity contribution in [1.82, 2.24) is 9.97 Å². The molecule has 0 aliphatic heterocycles. The summed E-state index contributed by atoms with van der Waals surface area (Å²) in [4.78, 5) is 19.2. The number of fused-ring (bicyclic) bond motifs is 1. The maximum absolute atomic E-state index is 11.2. The average Bonchev–Trinajstić information content (AvgIpc) is 2.84. The first-order chi connectivity index (χ1) is 10.1. The second-order valence-electron chi connectivity index (χ2n) is 4.54. The average molecular weight is 300 g/mol. The lowest BCUT2D eigenvalue weighted by Crippen LogP contribution is -2.02. The number of aromatic nitrogens is 2. The van der Waals surface area contributed by atoms with Crippen molar-refractivity contribution in [2.24, 2.45) is 0 Å². The maximum atomic E-state index is 11.2. The topological polar surface area (TPSA) is 81.0 Å². The van der Waals surface area contributed by atoms with Gasteiger partial charge in [-0.25, -0.2) is 4.98 Å². The summed E-state index contributed by atoms with van der Waals surface area (Å²) in [6, 6.07) is 7.04. The molecule has 21 heavy (non-hydrogen) atoms. The third kappa shape index (κ3) is 2.82. The van der Waals surface area contributed by atoms with Crippen LogP contribution in [0.2, 0.25) is 0 Å². The lowest BCUT2D eigenvalue weighted by molar-refractivity contribution is -0.383. The molecule has 2 aromatic heterocycles. The Balaban J connectivity index is 1.95. The molecule has 106 valence electrons. The molecule has 0 aliphatic carbocycles. The number of rotatable bonds is 4. The van der Waals surface area contributed by atoms with E-state index in [-0.39, 0.29) is 10.6 Å². The van der Waals surface area contributed by atoms with Gasteiger partial charge in [-0.1, -0.05) is 0 Å². The van der Waals surface area contributed by atoms with E-state index in [0.717, 1.165) is 20.8 Å². The molecule has 0 spiro atoms. The fraction of sp³-hybridized carbons (Fsp3) is 0.143. The van der Waals surface area contributed by atoms with Crippen LogP contribution in [-0.4, -0.2) is 14.9 Å². The Kier molecular flexibility index (Phi) is 3.49. The highest BCUT2D eigenvalue weighted by atomic mass is 32.1. The predicted molar refractivity (Wildman–Crippen MR) is 82.6 cm³/mol. The minimum absolute atomic E-state index is 0.0696. The Morgan fingerprint density at radius 1 is 1.33 bits per heavy atom. The largest absolute Gasteiger partial charge is 0.375 e. The number of aryl methyl sites for hydroxylation is 1. The maximum Gasteiger partial charge on any atom is 0.293 e. The Morgan fingerprint density at radius 2 is 2.10 bits per heavy atom. The Bertz CT molecular complexity index is 801. The molecule has 3 rings (SSSR count). The van der Waals surface area contributed by atoms with Gasteiger partial charge in [0.25, 0.3) is 5.69 Å². The summed E-state index contributed by atoms with van der Waals surface area (Å²) in [5, 5.41) is 15.2. The molecular weight excluding hydrogens is 288 g/mol. The molecule has 0 fully saturated rings. The van der Waals surface area contributed by atoms with Crippen LogP contribution in [0.4, 0.5) is 11.4 Å². The van der Waals surface area contributed by atoms with Crippen LogP contribution in [0.25, 0.3) is 10.2 Å². The van der Waals surface area contributed by atoms with Crippen molar-refractivity contribution in [3.63, 3.8) is 0 Å². The van der Waals surface area contributed by atoms with E-state index < -0.39 is 0 Å². The molecule has 0 radical (unpaired) electrons. The third-order valence-corrected chi connectivity index (χ3v) is 3.98. The molecule has 0 saturated carbocycles. The summed E-state index contributed by atoms with van der Waals surface area (Å²) in [7, 11) is 0. The van der Waals surface area contributed by atoms with Gasteiger partial charge in [0.15, 0.2) is 0 Å². The van der Waals surface area contributed by atoms with E-state index in [0.29, 0.717) is 12.2 Å². The van der Waals surface area contributed by atoms with E-state index in [1.807, 2.05) is 19.1 Å². The Labute approximate surface area is 124 Å². The molecule has 1 N–H and O–H groups in total. The van der Waals surface area contributed by atoms with Crippen molar-refractivity contribution in [2.75, 3.05) is 5.32 Å². The van der Waals surface area contributed by atoms with Gasteiger partial charge in [0.05, 0.1) is 20.1 Å². The summed E-state index contributed by atoms with van der Waals surface area (Å²) in [6.07, 6.45) is 3.39. The Morgan fingerprint density at radius 3 is 2.81 bits per heavy atom. The zero-order valence-electron chi connectivity index (χ0n) is 11.2. The van der Waals surface area contributed by atoms with Crippen LogP contribution in [0.15, 0.2) is 36.7 Å². The number of benzene rings is 1. The molecule has 0 unspecified atom stereocenters. The van der Waals surface area contributed by atoms with Gasteiger partial charge < -0.3 is 5.32 Å². The number of nitro benzene ring substituents is 1. The smallest absolute Gasteiger partial charge is 0.293 e. The van der Waals surface area contributed by atoms with Crippen LogP contribution in [0.1, 0.15) is 10.6 Å². The van der Waals surface area contributed by atoms with Gasteiger partial charge >= 0.3 is 0 Å². The van der Waals surface area contributed by atoms with E-state index in [1.54, 1.807) is 24.5 Å². The monoisotopic (exact) mass is 300 g/mol. The highest BCUT2D eigenvalue weighted by Gasteiger charge is 2.16. The predicted octanol–water partition coefficient (Wildman–Crippen LogP) is 3.52. The highest BCUT2D eigenvalue weighted by molar-refractivity contribution is 7.18. The molecule has 6 nitrogen and oxygen atoms in total. The molecule has 0 atom stereocenters. The molecule has 3 aromatic rings. The van der Waals surface area contributed by atoms with Gasteiger partial charge in [-0.15, -0.1) is 11.3 Å². The van der Waals surface area contributed by atoms with Crippen molar-refractivity contribution >= 4 is 32.9 Å². The van der Waals surface area contributed by atoms with Gasteiger partial charge in [0.2, 0.25) is 0 Å². The molecule has 1 aromatic carbocycles. The first kappa shape index (κ1) is 13.4. The fourth-order valence-corrected chi connectivity index (χ4v) is 2.91. The van der Waals surface area contributed by atoms with Gasteiger partial charge in [-0.05, 0) is 30.7 Å². The van der Waals surface area contributed by atoms with Gasteiger partial charge in [-0.2, -0.15) is 0 Å². The quantitative estimate of drug-likeness (QED) is 0.589. The summed E-state index contributed by atoms with van der Waals surface area (Å²) in [5.41, 5.74) is 2.34. The number of nitro groups is 1. The lowest BCUT2D eigenvalue weighted by atomic mass is 10.2. The zero-order valence-corrected chi connectivity index (χ0v) is 12.1. The minimum Gasteiger partial charge on any atom is -0.375 e. The first-order valence-electron chi connectivity index (χ1n) is 6.32. The summed E-state index contributed by atoms with van der Waals surface area (Å²) in [5.74, 6) is 0. The lowest BCUT2D eigenvalue weighted by Gasteiger charge is -2.07. The zero-order chi connectivity index (χ0) is 14.8. The van der Waals surface area contributed by atoms with E-state index >= 15 is 0 Å². The van der Waals surface area contributed by atoms with Gasteiger partial charge in [-0.3, -0.25) is 15.1 Å². The van der Waals surface area contributed by atoms with Crippen molar-refractivity contribution < 1.29 is 4.92 Å². The molecule has 2 heterocycles. The standard InChI is InChI=1S/C14H12N4O2S/c1-9-17-12-6-11(13(18(19)20)7-14(12)21-9)16-8-10-2-4-15-5-3-10/h2-7,16H,8H2,1H3. The Hall–Kier alpha value is -2.54. The van der Waals surface area contributed by atoms with Crippen LogP contribution >= 0.6 is 11.3 Å². The number of hydrogen-bond acceptors (Lipinski definition) is 6. The number of anilines is 1. The number of thiazole rings is 1. The van der Waals surface area contributed by atoms with Crippen LogP contribution in [0.3, 0.4) is 0 Å².